The molecule has 1 nitrogen and oxygen atoms in total. The van der Waals surface area contributed by atoms with E-state index in [0.29, 0.717) is 5.88 Å². The quantitative estimate of drug-likeness (QED) is 0.479. The fourth-order valence-corrected chi connectivity index (χ4v) is 4.56. The molecule has 0 aromatic rings. The van der Waals surface area contributed by atoms with Crippen molar-refractivity contribution in [2.45, 2.75) is 51.9 Å². The number of halogens is 1. The van der Waals surface area contributed by atoms with Crippen molar-refractivity contribution in [3.63, 3.8) is 0 Å². The maximum absolute atomic E-state index is 6.04. The van der Waals surface area contributed by atoms with Gasteiger partial charge >= 0.3 is 0 Å². The average Bonchev–Trinajstić information content (AvgIpc) is 2.14. The summed E-state index contributed by atoms with van der Waals surface area (Å²) in [6.07, 6.45) is 0.234. The largest absolute Gasteiger partial charge is 0.413 e. The van der Waals surface area contributed by atoms with Crippen LogP contribution in [0.3, 0.4) is 0 Å². The molecule has 0 radical (unpaired) electrons. The molecule has 0 fully saturated rings. The van der Waals surface area contributed by atoms with Crippen molar-refractivity contribution in [1.82, 2.24) is 0 Å². The molecule has 0 amide bonds. The molecule has 3 heteroatoms. The third kappa shape index (κ3) is 3.46. The molecule has 12 heavy (non-hydrogen) atoms. The van der Waals surface area contributed by atoms with Crippen LogP contribution in [-0.2, 0) is 4.43 Å². The lowest BCUT2D eigenvalue weighted by molar-refractivity contribution is 0.228. The Morgan fingerprint density at radius 2 is 1.58 bits per heavy atom. The van der Waals surface area contributed by atoms with Crippen molar-refractivity contribution in [2.24, 2.45) is 0 Å². The van der Waals surface area contributed by atoms with Crippen molar-refractivity contribution in [3.8, 4) is 0 Å². The van der Waals surface area contributed by atoms with Gasteiger partial charge in [0.15, 0.2) is 8.32 Å². The van der Waals surface area contributed by atoms with E-state index in [1.54, 1.807) is 0 Å². The average molecular weight is 209 g/mol. The Labute approximate surface area is 82.6 Å². The van der Waals surface area contributed by atoms with E-state index < -0.39 is 8.32 Å². The highest BCUT2D eigenvalue weighted by Gasteiger charge is 2.30. The van der Waals surface area contributed by atoms with Gasteiger partial charge in [-0.05, 0) is 25.1 Å². The number of alkyl halides is 1. The molecule has 0 aliphatic rings. The molecular weight excluding hydrogens is 188 g/mol. The summed E-state index contributed by atoms with van der Waals surface area (Å²) in [4.78, 5) is 0. The first-order chi connectivity index (χ1) is 5.64. The van der Waals surface area contributed by atoms with E-state index in [0.717, 1.165) is 0 Å². The first kappa shape index (κ1) is 12.5. The van der Waals surface area contributed by atoms with Gasteiger partial charge in [0, 0.05) is 5.88 Å². The monoisotopic (exact) mass is 208 g/mol. The molecule has 0 saturated heterocycles. The molecule has 0 spiro atoms. The van der Waals surface area contributed by atoms with E-state index in [9.17, 15) is 0 Å². The third-order valence-corrected chi connectivity index (χ3v) is 7.80. The number of rotatable bonds is 6. The number of hydrogen-bond donors (Lipinski definition) is 0. The van der Waals surface area contributed by atoms with Gasteiger partial charge in [0.2, 0.25) is 0 Å². The molecule has 1 unspecified atom stereocenters. The van der Waals surface area contributed by atoms with Gasteiger partial charge in [-0.2, -0.15) is 0 Å². The van der Waals surface area contributed by atoms with E-state index in [4.69, 9.17) is 16.0 Å². The van der Waals surface area contributed by atoms with Gasteiger partial charge in [-0.25, -0.2) is 0 Å². The van der Waals surface area contributed by atoms with Crippen LogP contribution >= 0.6 is 11.6 Å². The highest BCUT2D eigenvalue weighted by molar-refractivity contribution is 6.73. The lowest BCUT2D eigenvalue weighted by atomic mass is 10.5. The zero-order valence-corrected chi connectivity index (χ0v) is 10.4. The van der Waals surface area contributed by atoms with Crippen LogP contribution in [0.5, 0.6) is 0 Å². The lowest BCUT2D eigenvalue weighted by Gasteiger charge is -2.30. The van der Waals surface area contributed by atoms with Crippen LogP contribution in [0.2, 0.25) is 18.1 Å². The topological polar surface area (TPSA) is 9.23 Å². The Bertz CT molecular complexity index is 107. The van der Waals surface area contributed by atoms with E-state index in [-0.39, 0.29) is 6.10 Å². The minimum absolute atomic E-state index is 0.234. The molecule has 0 aromatic heterocycles. The van der Waals surface area contributed by atoms with Crippen molar-refractivity contribution >= 4 is 19.9 Å². The van der Waals surface area contributed by atoms with Gasteiger partial charge in [-0.3, -0.25) is 0 Å². The Balaban J connectivity index is 4.09. The normalized spacial score (nSPS) is 14.8. The summed E-state index contributed by atoms with van der Waals surface area (Å²) in [7, 11) is -1.39. The summed E-state index contributed by atoms with van der Waals surface area (Å²) in [6.45, 7) is 8.77. The predicted molar refractivity (Wildman–Crippen MR) is 58.5 cm³/mol. The lowest BCUT2D eigenvalue weighted by Crippen LogP contribution is -2.39. The zero-order chi connectivity index (χ0) is 9.61. The summed E-state index contributed by atoms with van der Waals surface area (Å²) >= 11 is 5.73. The first-order valence-corrected chi connectivity index (χ1v) is 7.94. The maximum atomic E-state index is 6.04. The molecule has 0 saturated carbocycles. The van der Waals surface area contributed by atoms with E-state index >= 15 is 0 Å². The van der Waals surface area contributed by atoms with E-state index in [1.165, 1.54) is 18.1 Å². The molecule has 0 aromatic carbocycles. The van der Waals surface area contributed by atoms with Crippen molar-refractivity contribution in [1.29, 1.82) is 0 Å². The van der Waals surface area contributed by atoms with Crippen LogP contribution in [0.15, 0.2) is 0 Å². The fourth-order valence-electron chi connectivity index (χ4n) is 1.46. The van der Waals surface area contributed by atoms with Crippen LogP contribution < -0.4 is 0 Å². The first-order valence-electron chi connectivity index (χ1n) is 4.87. The van der Waals surface area contributed by atoms with Gasteiger partial charge in [0.25, 0.3) is 0 Å². The van der Waals surface area contributed by atoms with Gasteiger partial charge < -0.3 is 4.43 Å². The molecule has 0 aliphatic carbocycles. The van der Waals surface area contributed by atoms with Crippen molar-refractivity contribution in [2.75, 3.05) is 5.88 Å². The number of hydrogen-bond acceptors (Lipinski definition) is 1. The smallest absolute Gasteiger partial charge is 0.192 e. The molecule has 0 bridgehead atoms. The second-order valence-corrected chi connectivity index (χ2v) is 8.36. The van der Waals surface area contributed by atoms with Crippen LogP contribution in [0.1, 0.15) is 27.7 Å². The molecule has 0 aliphatic heterocycles. The second kappa shape index (κ2) is 6.00. The van der Waals surface area contributed by atoms with Crippen molar-refractivity contribution in [3.05, 3.63) is 0 Å². The minimum atomic E-state index is -1.39. The summed E-state index contributed by atoms with van der Waals surface area (Å²) in [6, 6.07) is 3.63. The summed E-state index contributed by atoms with van der Waals surface area (Å²) in [5.41, 5.74) is 0. The SMILES string of the molecule is CC[Si](CC)(CC)OC(C)CCl. The Kier molecular flexibility index (Phi) is 6.24. The van der Waals surface area contributed by atoms with Gasteiger partial charge in [0.05, 0.1) is 6.10 Å². The fraction of sp³-hybridized carbons (Fsp3) is 1.00. The van der Waals surface area contributed by atoms with E-state index in [1.807, 2.05) is 0 Å². The van der Waals surface area contributed by atoms with Crippen molar-refractivity contribution < 1.29 is 4.43 Å². The third-order valence-electron chi connectivity index (χ3n) is 2.60. The molecule has 1 atom stereocenters. The standard InChI is InChI=1S/C9H21ClOSi/c1-5-12(6-2,7-3)11-9(4)8-10/h9H,5-8H2,1-4H3. The Morgan fingerprint density at radius 3 is 1.83 bits per heavy atom. The maximum Gasteiger partial charge on any atom is 0.192 e. The Morgan fingerprint density at radius 1 is 1.17 bits per heavy atom. The highest BCUT2D eigenvalue weighted by Crippen LogP contribution is 2.23. The zero-order valence-electron chi connectivity index (χ0n) is 8.69. The van der Waals surface area contributed by atoms with Crippen LogP contribution in [0, 0.1) is 0 Å². The Hall–Kier alpha value is 0.467. The van der Waals surface area contributed by atoms with Crippen LogP contribution in [0.25, 0.3) is 0 Å². The van der Waals surface area contributed by atoms with Gasteiger partial charge in [-0.15, -0.1) is 11.6 Å². The summed E-state index contributed by atoms with van der Waals surface area (Å²) in [5, 5.41) is 0. The van der Waals surface area contributed by atoms with E-state index in [2.05, 4.69) is 27.7 Å². The molecular formula is C9H21ClOSi. The van der Waals surface area contributed by atoms with Crippen LogP contribution in [-0.4, -0.2) is 20.3 Å². The molecule has 0 heterocycles. The molecule has 74 valence electrons. The van der Waals surface area contributed by atoms with Gasteiger partial charge in [0.1, 0.15) is 0 Å². The molecule has 0 N–H and O–H groups in total. The summed E-state index contributed by atoms with van der Waals surface area (Å²) < 4.78 is 6.04. The summed E-state index contributed by atoms with van der Waals surface area (Å²) in [5.74, 6) is 0.620. The second-order valence-electron chi connectivity index (χ2n) is 3.33. The predicted octanol–water partition coefficient (Wildman–Crippen LogP) is 3.64. The highest BCUT2D eigenvalue weighted by atomic mass is 35.5. The minimum Gasteiger partial charge on any atom is -0.413 e. The molecule has 0 rings (SSSR count). The van der Waals surface area contributed by atoms with Gasteiger partial charge in [-0.1, -0.05) is 20.8 Å². The van der Waals surface area contributed by atoms with Crippen LogP contribution in [0.4, 0.5) is 0 Å².